The van der Waals surface area contributed by atoms with Crippen molar-refractivity contribution in [2.45, 2.75) is 6.92 Å². The molecule has 0 amide bonds. The summed E-state index contributed by atoms with van der Waals surface area (Å²) in [6, 6.07) is 1.77. The van der Waals surface area contributed by atoms with Gasteiger partial charge in [-0.25, -0.2) is 4.79 Å². The second kappa shape index (κ2) is 4.18. The lowest BCUT2D eigenvalue weighted by Crippen LogP contribution is -1.88. The Bertz CT molecular complexity index is 361. The van der Waals surface area contributed by atoms with E-state index in [1.807, 2.05) is 6.92 Å². The van der Waals surface area contributed by atoms with Gasteiger partial charge in [0.1, 0.15) is 0 Å². The van der Waals surface area contributed by atoms with Crippen LogP contribution in [0.4, 0.5) is 0 Å². The molecule has 0 saturated carbocycles. The third-order valence-corrected chi connectivity index (χ3v) is 2.31. The molecule has 13 heavy (non-hydrogen) atoms. The normalized spacial score (nSPS) is 10.6. The van der Waals surface area contributed by atoms with Crippen LogP contribution in [-0.4, -0.2) is 16.1 Å². The summed E-state index contributed by atoms with van der Waals surface area (Å²) in [5.74, 6) is -0.974. The summed E-state index contributed by atoms with van der Waals surface area (Å²) in [4.78, 5) is 14.2. The molecule has 4 heteroatoms. The number of rotatable bonds is 2. The molecule has 0 spiro atoms. The van der Waals surface area contributed by atoms with Crippen molar-refractivity contribution in [1.82, 2.24) is 4.98 Å². The van der Waals surface area contributed by atoms with Crippen molar-refractivity contribution in [1.29, 1.82) is 0 Å². The maximum absolute atomic E-state index is 10.2. The average molecular weight is 242 g/mol. The lowest BCUT2D eigenvalue weighted by Gasteiger charge is -1.97. The number of pyridine rings is 1. The maximum atomic E-state index is 10.2. The van der Waals surface area contributed by atoms with Crippen LogP contribution in [0.1, 0.15) is 11.3 Å². The molecule has 0 aliphatic heterocycles. The van der Waals surface area contributed by atoms with Crippen LogP contribution < -0.4 is 0 Å². The highest BCUT2D eigenvalue weighted by molar-refractivity contribution is 9.10. The molecule has 68 valence electrons. The Labute approximate surface area is 84.2 Å². The van der Waals surface area contributed by atoms with Gasteiger partial charge in [0.2, 0.25) is 0 Å². The van der Waals surface area contributed by atoms with E-state index >= 15 is 0 Å². The first kappa shape index (κ1) is 9.92. The lowest BCUT2D eigenvalue weighted by atomic mass is 10.2. The topological polar surface area (TPSA) is 50.2 Å². The van der Waals surface area contributed by atoms with Crippen LogP contribution in [0.5, 0.6) is 0 Å². The van der Waals surface area contributed by atoms with E-state index in [9.17, 15) is 4.79 Å². The summed E-state index contributed by atoms with van der Waals surface area (Å²) in [7, 11) is 0. The number of hydrogen-bond donors (Lipinski definition) is 1. The minimum absolute atomic E-state index is 0.625. The van der Waals surface area contributed by atoms with Crippen LogP contribution in [0.25, 0.3) is 6.08 Å². The zero-order chi connectivity index (χ0) is 9.84. The van der Waals surface area contributed by atoms with Crippen LogP contribution in [0.3, 0.4) is 0 Å². The van der Waals surface area contributed by atoms with Crippen molar-refractivity contribution < 1.29 is 9.90 Å². The highest BCUT2D eigenvalue weighted by Crippen LogP contribution is 2.15. The van der Waals surface area contributed by atoms with Crippen molar-refractivity contribution in [2.75, 3.05) is 0 Å². The van der Waals surface area contributed by atoms with Gasteiger partial charge in [0.25, 0.3) is 0 Å². The first-order valence-electron chi connectivity index (χ1n) is 3.63. The van der Waals surface area contributed by atoms with Gasteiger partial charge in [0, 0.05) is 16.7 Å². The number of nitrogens with zero attached hydrogens (tertiary/aromatic N) is 1. The standard InChI is InChI=1S/C9H8BrNO2/c1-6-5-11-7(4-8(6)10)2-3-9(12)13/h2-5H,1H3,(H,12,13)/b3-2+. The fourth-order valence-corrected chi connectivity index (χ4v) is 1.10. The second-order valence-corrected chi connectivity index (χ2v) is 3.38. The molecule has 0 saturated heterocycles. The minimum Gasteiger partial charge on any atom is -0.478 e. The van der Waals surface area contributed by atoms with E-state index in [2.05, 4.69) is 20.9 Å². The third kappa shape index (κ3) is 2.99. The monoisotopic (exact) mass is 241 g/mol. The summed E-state index contributed by atoms with van der Waals surface area (Å²) < 4.78 is 0.924. The van der Waals surface area contributed by atoms with Crippen LogP contribution in [0.2, 0.25) is 0 Å². The number of carbonyl (C=O) groups is 1. The van der Waals surface area contributed by atoms with Crippen LogP contribution >= 0.6 is 15.9 Å². The van der Waals surface area contributed by atoms with Crippen molar-refractivity contribution in [3.8, 4) is 0 Å². The minimum atomic E-state index is -0.974. The second-order valence-electron chi connectivity index (χ2n) is 2.53. The van der Waals surface area contributed by atoms with E-state index in [0.717, 1.165) is 16.1 Å². The number of carboxylic acid groups (broad SMARTS) is 1. The molecule has 0 bridgehead atoms. The van der Waals surface area contributed by atoms with Gasteiger partial charge >= 0.3 is 5.97 Å². The van der Waals surface area contributed by atoms with Crippen molar-refractivity contribution >= 4 is 28.0 Å². The molecular weight excluding hydrogens is 234 g/mol. The van der Waals surface area contributed by atoms with Gasteiger partial charge < -0.3 is 5.11 Å². The van der Waals surface area contributed by atoms with E-state index in [1.54, 1.807) is 12.3 Å². The molecule has 0 unspecified atom stereocenters. The fourth-order valence-electron chi connectivity index (χ4n) is 0.762. The number of hydrogen-bond acceptors (Lipinski definition) is 2. The summed E-state index contributed by atoms with van der Waals surface area (Å²) >= 11 is 3.33. The molecule has 1 N–H and O–H groups in total. The third-order valence-electron chi connectivity index (χ3n) is 1.46. The van der Waals surface area contributed by atoms with Gasteiger partial charge in [0.15, 0.2) is 0 Å². The summed E-state index contributed by atoms with van der Waals surface area (Å²) in [6.45, 7) is 1.92. The van der Waals surface area contributed by atoms with Gasteiger partial charge in [-0.2, -0.15) is 0 Å². The lowest BCUT2D eigenvalue weighted by molar-refractivity contribution is -0.131. The van der Waals surface area contributed by atoms with Crippen LogP contribution in [-0.2, 0) is 4.79 Å². The Morgan fingerprint density at radius 1 is 1.69 bits per heavy atom. The number of aromatic nitrogens is 1. The predicted octanol–water partition coefficient (Wildman–Crippen LogP) is 2.25. The summed E-state index contributed by atoms with van der Waals surface area (Å²) in [5.41, 5.74) is 1.65. The predicted molar refractivity (Wildman–Crippen MR) is 53.3 cm³/mol. The highest BCUT2D eigenvalue weighted by atomic mass is 79.9. The van der Waals surface area contributed by atoms with Gasteiger partial charge in [-0.05, 0) is 24.6 Å². The zero-order valence-electron chi connectivity index (χ0n) is 6.99. The fraction of sp³-hybridized carbons (Fsp3) is 0.111. The Kier molecular flexibility index (Phi) is 3.19. The number of aliphatic carboxylic acids is 1. The molecule has 0 atom stereocenters. The average Bonchev–Trinajstić information content (AvgIpc) is 2.07. The van der Waals surface area contributed by atoms with Gasteiger partial charge in [-0.3, -0.25) is 4.98 Å². The molecule has 1 heterocycles. The van der Waals surface area contributed by atoms with Gasteiger partial charge in [-0.15, -0.1) is 0 Å². The molecule has 0 aliphatic rings. The number of carboxylic acids is 1. The largest absolute Gasteiger partial charge is 0.478 e. The SMILES string of the molecule is Cc1cnc(/C=C/C(=O)O)cc1Br. The Balaban J connectivity index is 2.92. The first-order valence-corrected chi connectivity index (χ1v) is 4.42. The van der Waals surface area contributed by atoms with Crippen LogP contribution in [0, 0.1) is 6.92 Å². The number of aryl methyl sites for hydroxylation is 1. The Morgan fingerprint density at radius 3 is 2.92 bits per heavy atom. The molecule has 1 rings (SSSR count). The highest BCUT2D eigenvalue weighted by Gasteiger charge is 1.96. The molecular formula is C9H8BrNO2. The molecule has 3 nitrogen and oxygen atoms in total. The smallest absolute Gasteiger partial charge is 0.328 e. The summed E-state index contributed by atoms with van der Waals surface area (Å²) in [5, 5.41) is 8.37. The first-order chi connectivity index (χ1) is 6.09. The van der Waals surface area contributed by atoms with E-state index in [4.69, 9.17) is 5.11 Å². The molecule has 0 aliphatic carbocycles. The van der Waals surface area contributed by atoms with Crippen LogP contribution in [0.15, 0.2) is 22.8 Å². The van der Waals surface area contributed by atoms with Crippen molar-refractivity contribution in [3.63, 3.8) is 0 Å². The molecule has 1 aromatic heterocycles. The quantitative estimate of drug-likeness (QED) is 0.809. The van der Waals surface area contributed by atoms with E-state index in [1.165, 1.54) is 6.08 Å². The molecule has 0 aromatic carbocycles. The van der Waals surface area contributed by atoms with Crippen molar-refractivity contribution in [3.05, 3.63) is 34.1 Å². The van der Waals surface area contributed by atoms with Gasteiger partial charge in [-0.1, -0.05) is 15.9 Å². The van der Waals surface area contributed by atoms with E-state index < -0.39 is 5.97 Å². The molecule has 0 radical (unpaired) electrons. The van der Waals surface area contributed by atoms with E-state index in [-0.39, 0.29) is 0 Å². The Morgan fingerprint density at radius 2 is 2.38 bits per heavy atom. The summed E-state index contributed by atoms with van der Waals surface area (Å²) in [6.07, 6.45) is 4.20. The van der Waals surface area contributed by atoms with Gasteiger partial charge in [0.05, 0.1) is 5.69 Å². The molecule has 0 fully saturated rings. The molecule has 1 aromatic rings. The van der Waals surface area contributed by atoms with Crippen molar-refractivity contribution in [2.24, 2.45) is 0 Å². The number of halogens is 1. The maximum Gasteiger partial charge on any atom is 0.328 e. The zero-order valence-corrected chi connectivity index (χ0v) is 8.58. The Hall–Kier alpha value is -1.16. The van der Waals surface area contributed by atoms with E-state index in [0.29, 0.717) is 5.69 Å².